The van der Waals surface area contributed by atoms with Crippen LogP contribution in [-0.2, 0) is 6.18 Å². The van der Waals surface area contributed by atoms with Gasteiger partial charge in [0, 0.05) is 16.5 Å². The minimum atomic E-state index is -4.57. The molecule has 0 unspecified atom stereocenters. The third-order valence-corrected chi connectivity index (χ3v) is 3.87. The number of carbonyl (C=O) groups is 1. The monoisotopic (exact) mass is 317 g/mol. The topological polar surface area (TPSA) is 32.9 Å². The number of hydrogen-bond acceptors (Lipinski definition) is 1. The molecule has 0 aliphatic heterocycles. The van der Waals surface area contributed by atoms with Crippen LogP contribution in [0.15, 0.2) is 42.5 Å². The molecule has 1 N–H and O–H groups in total. The molecule has 0 amide bonds. The number of rotatable bonds is 2. The maximum Gasteiger partial charge on any atom is 0.419 e. The van der Waals surface area contributed by atoms with Gasteiger partial charge in [-0.25, -0.2) is 0 Å². The van der Waals surface area contributed by atoms with Crippen molar-refractivity contribution in [3.8, 4) is 11.3 Å². The molecule has 0 fully saturated rings. The summed E-state index contributed by atoms with van der Waals surface area (Å²) in [5.41, 5.74) is 0.603. The maximum atomic E-state index is 13.7. The van der Waals surface area contributed by atoms with Gasteiger partial charge in [-0.1, -0.05) is 36.4 Å². The van der Waals surface area contributed by atoms with Gasteiger partial charge in [0.15, 0.2) is 5.78 Å². The van der Waals surface area contributed by atoms with Crippen molar-refractivity contribution in [1.82, 2.24) is 4.98 Å². The van der Waals surface area contributed by atoms with Crippen LogP contribution in [0.3, 0.4) is 0 Å². The third-order valence-electron chi connectivity index (χ3n) is 3.87. The Morgan fingerprint density at radius 2 is 1.70 bits per heavy atom. The predicted octanol–water partition coefficient (Wildman–Crippen LogP) is 5.36. The number of ketones is 1. The van der Waals surface area contributed by atoms with Gasteiger partial charge in [0.25, 0.3) is 0 Å². The lowest BCUT2D eigenvalue weighted by molar-refractivity contribution is -0.135. The maximum absolute atomic E-state index is 13.7. The van der Waals surface area contributed by atoms with Crippen LogP contribution in [0.1, 0.15) is 28.4 Å². The lowest BCUT2D eigenvalue weighted by Gasteiger charge is -2.11. The van der Waals surface area contributed by atoms with Crippen LogP contribution >= 0.6 is 0 Å². The first-order valence-electron chi connectivity index (χ1n) is 7.09. The number of aromatic nitrogens is 1. The number of Topliss-reactive ketones (excluding diaryl/α,β-unsaturated/α-hetero) is 1. The summed E-state index contributed by atoms with van der Waals surface area (Å²) in [6, 6.07) is 11.6. The van der Waals surface area contributed by atoms with E-state index in [4.69, 9.17) is 0 Å². The number of aryl methyl sites for hydroxylation is 1. The number of hydrogen-bond donors (Lipinski definition) is 1. The minimum absolute atomic E-state index is 0.0128. The molecular weight excluding hydrogens is 303 g/mol. The summed E-state index contributed by atoms with van der Waals surface area (Å²) >= 11 is 0. The number of benzene rings is 2. The van der Waals surface area contributed by atoms with Crippen LogP contribution in [-0.4, -0.2) is 10.8 Å². The van der Waals surface area contributed by atoms with Crippen molar-refractivity contribution in [2.24, 2.45) is 0 Å². The van der Waals surface area contributed by atoms with Gasteiger partial charge >= 0.3 is 6.18 Å². The molecule has 0 aliphatic carbocycles. The van der Waals surface area contributed by atoms with Crippen molar-refractivity contribution in [3.63, 3.8) is 0 Å². The lowest BCUT2D eigenvalue weighted by Crippen LogP contribution is -2.08. The van der Waals surface area contributed by atoms with Crippen molar-refractivity contribution < 1.29 is 18.0 Å². The first-order chi connectivity index (χ1) is 10.8. The van der Waals surface area contributed by atoms with E-state index >= 15 is 0 Å². The number of halogens is 3. The Bertz CT molecular complexity index is 892. The van der Waals surface area contributed by atoms with E-state index in [0.29, 0.717) is 16.6 Å². The standard InChI is InChI=1S/C18H14F3NO/c1-10-8-9-13-15(14(10)11(2)23)16(18(19,20)21)17(22-13)12-6-4-3-5-7-12/h3-9,22H,1-2H3. The van der Waals surface area contributed by atoms with E-state index in [9.17, 15) is 18.0 Å². The number of carbonyl (C=O) groups excluding carboxylic acids is 1. The van der Waals surface area contributed by atoms with Crippen molar-refractivity contribution in [3.05, 3.63) is 59.2 Å². The Hall–Kier alpha value is -2.56. The summed E-state index contributed by atoms with van der Waals surface area (Å²) in [6.07, 6.45) is -4.57. The Balaban J connectivity index is 2.49. The van der Waals surface area contributed by atoms with Gasteiger partial charge in [0.2, 0.25) is 0 Å². The molecule has 1 heterocycles. The second kappa shape index (κ2) is 5.26. The van der Waals surface area contributed by atoms with Crippen LogP contribution in [0.4, 0.5) is 13.2 Å². The molecule has 0 spiro atoms. The highest BCUT2D eigenvalue weighted by molar-refractivity contribution is 6.10. The minimum Gasteiger partial charge on any atom is -0.354 e. The van der Waals surface area contributed by atoms with Crippen molar-refractivity contribution >= 4 is 16.7 Å². The molecule has 1 aromatic heterocycles. The number of aromatic amines is 1. The second-order valence-corrected chi connectivity index (χ2v) is 5.47. The van der Waals surface area contributed by atoms with Gasteiger partial charge in [-0.3, -0.25) is 4.79 Å². The zero-order valence-corrected chi connectivity index (χ0v) is 12.6. The zero-order chi connectivity index (χ0) is 16.8. The molecule has 3 rings (SSSR count). The number of alkyl halides is 3. The summed E-state index contributed by atoms with van der Waals surface area (Å²) in [7, 11) is 0. The Labute approximate surface area is 130 Å². The van der Waals surface area contributed by atoms with Crippen LogP contribution in [0.25, 0.3) is 22.2 Å². The summed E-state index contributed by atoms with van der Waals surface area (Å²) in [5, 5.41) is -0.0520. The third kappa shape index (κ3) is 2.52. The summed E-state index contributed by atoms with van der Waals surface area (Å²) in [4.78, 5) is 14.8. The van der Waals surface area contributed by atoms with Crippen molar-refractivity contribution in [1.29, 1.82) is 0 Å². The molecule has 0 saturated heterocycles. The molecule has 118 valence electrons. The summed E-state index contributed by atoms with van der Waals surface area (Å²) in [5.74, 6) is -0.378. The highest BCUT2D eigenvalue weighted by atomic mass is 19.4. The van der Waals surface area contributed by atoms with E-state index in [1.165, 1.54) is 6.92 Å². The Morgan fingerprint density at radius 3 is 2.26 bits per heavy atom. The first-order valence-corrected chi connectivity index (χ1v) is 7.09. The fourth-order valence-electron chi connectivity index (χ4n) is 2.95. The van der Waals surface area contributed by atoms with Crippen molar-refractivity contribution in [2.45, 2.75) is 20.0 Å². The molecule has 2 aromatic carbocycles. The van der Waals surface area contributed by atoms with Crippen molar-refractivity contribution in [2.75, 3.05) is 0 Å². The van der Waals surface area contributed by atoms with Crippen LogP contribution < -0.4 is 0 Å². The molecule has 23 heavy (non-hydrogen) atoms. The van der Waals surface area contributed by atoms with Gasteiger partial charge in [-0.05, 0) is 31.0 Å². The average molecular weight is 317 g/mol. The predicted molar refractivity (Wildman–Crippen MR) is 83.5 cm³/mol. The molecule has 3 aromatic rings. The number of H-pyrrole nitrogens is 1. The van der Waals surface area contributed by atoms with E-state index in [2.05, 4.69) is 4.98 Å². The quantitative estimate of drug-likeness (QED) is 0.634. The van der Waals surface area contributed by atoms with E-state index in [1.807, 2.05) is 0 Å². The van der Waals surface area contributed by atoms with E-state index in [-0.39, 0.29) is 22.4 Å². The van der Waals surface area contributed by atoms with Crippen LogP contribution in [0.2, 0.25) is 0 Å². The zero-order valence-electron chi connectivity index (χ0n) is 12.6. The average Bonchev–Trinajstić information content (AvgIpc) is 2.87. The smallest absolute Gasteiger partial charge is 0.354 e. The van der Waals surface area contributed by atoms with E-state index < -0.39 is 11.7 Å². The molecule has 0 bridgehead atoms. The molecule has 0 saturated carbocycles. The van der Waals surface area contributed by atoms with Gasteiger partial charge in [0.05, 0.1) is 11.3 Å². The molecule has 0 aliphatic rings. The first kappa shape index (κ1) is 15.3. The molecule has 0 radical (unpaired) electrons. The fourth-order valence-corrected chi connectivity index (χ4v) is 2.95. The fraction of sp³-hybridized carbons (Fsp3) is 0.167. The second-order valence-electron chi connectivity index (χ2n) is 5.47. The number of nitrogens with one attached hydrogen (secondary N) is 1. The molecule has 2 nitrogen and oxygen atoms in total. The highest BCUT2D eigenvalue weighted by Crippen LogP contribution is 2.43. The summed E-state index contributed by atoms with van der Waals surface area (Å²) in [6.45, 7) is 2.93. The van der Waals surface area contributed by atoms with E-state index in [0.717, 1.165) is 0 Å². The highest BCUT2D eigenvalue weighted by Gasteiger charge is 2.39. The van der Waals surface area contributed by atoms with Gasteiger partial charge < -0.3 is 4.98 Å². The number of fused-ring (bicyclic) bond motifs is 1. The molecular formula is C18H14F3NO. The SMILES string of the molecule is CC(=O)c1c(C)ccc2[nH]c(-c3ccccc3)c(C(F)(F)F)c12. The largest absolute Gasteiger partial charge is 0.419 e. The summed E-state index contributed by atoms with van der Waals surface area (Å²) < 4.78 is 41.2. The normalized spacial score (nSPS) is 11.9. The van der Waals surface area contributed by atoms with Gasteiger partial charge in [-0.15, -0.1) is 0 Å². The Morgan fingerprint density at radius 1 is 1.04 bits per heavy atom. The van der Waals surface area contributed by atoms with E-state index in [1.54, 1.807) is 49.4 Å². The van der Waals surface area contributed by atoms with Crippen LogP contribution in [0.5, 0.6) is 0 Å². The lowest BCUT2D eigenvalue weighted by atomic mass is 9.96. The molecule has 5 heteroatoms. The molecule has 0 atom stereocenters. The van der Waals surface area contributed by atoms with Crippen LogP contribution in [0, 0.1) is 6.92 Å². The Kier molecular flexibility index (Phi) is 3.51. The van der Waals surface area contributed by atoms with Gasteiger partial charge in [0.1, 0.15) is 0 Å². The van der Waals surface area contributed by atoms with Gasteiger partial charge in [-0.2, -0.15) is 13.2 Å².